The maximum absolute atomic E-state index is 5.84. The quantitative estimate of drug-likeness (QED) is 0.0269. The first kappa shape index (κ1) is 113. The largest absolute Gasteiger partial charge is 0.330 e. The summed E-state index contributed by atoms with van der Waals surface area (Å²) in [6.45, 7) is 102. The van der Waals surface area contributed by atoms with Gasteiger partial charge in [-0.25, -0.2) is 0 Å². The topological polar surface area (TPSA) is 75.9 Å². The zero-order valence-electron chi connectivity index (χ0n) is 83.9. The Bertz CT molecular complexity index is 3440. The maximum atomic E-state index is 5.84. The lowest BCUT2D eigenvalue weighted by atomic mass is 9.40. The summed E-state index contributed by atoms with van der Waals surface area (Å²) in [7, 11) is 0. The van der Waals surface area contributed by atoms with Crippen molar-refractivity contribution < 1.29 is 0 Å². The molecule has 9 rings (SSSR count). The zero-order chi connectivity index (χ0) is 90.1. The van der Waals surface area contributed by atoms with E-state index in [4.69, 9.17) is 16.9 Å². The Hall–Kier alpha value is -0.590. The highest BCUT2D eigenvalue weighted by Gasteiger charge is 2.61. The van der Waals surface area contributed by atoms with Crippen molar-refractivity contribution in [3.63, 3.8) is 0 Å². The molecule has 8 unspecified atom stereocenters. The van der Waals surface area contributed by atoms with Gasteiger partial charge in [0.25, 0.3) is 0 Å². The van der Waals surface area contributed by atoms with Crippen LogP contribution in [0.15, 0.2) is 47.6 Å². The molecule has 2 aromatic carbocycles. The van der Waals surface area contributed by atoms with Gasteiger partial charge in [-0.1, -0.05) is 323 Å². The fourth-order valence-electron chi connectivity index (χ4n) is 31.4. The van der Waals surface area contributed by atoms with Crippen LogP contribution in [0.4, 0.5) is 0 Å². The molecule has 2 fully saturated rings. The molecule has 119 heavy (non-hydrogen) atoms. The number of allylic oxidation sites excluding steroid dienone is 6. The lowest BCUT2D eigenvalue weighted by Gasteiger charge is -2.64. The van der Waals surface area contributed by atoms with Crippen LogP contribution in [-0.4, -0.2) is 32.9 Å². The minimum Gasteiger partial charge on any atom is -0.330 e. The molecule has 0 bridgehead atoms. The molecule has 2 saturated carbocycles. The summed E-state index contributed by atoms with van der Waals surface area (Å²) in [4.78, 5) is 0. The van der Waals surface area contributed by atoms with Gasteiger partial charge in [-0.2, -0.15) is 0 Å². The Morgan fingerprint density at radius 3 is 0.849 bits per heavy atom. The van der Waals surface area contributed by atoms with E-state index in [-0.39, 0.29) is 14.9 Å². The summed E-state index contributed by atoms with van der Waals surface area (Å²) in [5, 5.41) is 7.74. The van der Waals surface area contributed by atoms with Crippen molar-refractivity contribution >= 4 is 83.8 Å². The molecule has 3 nitrogen and oxygen atoms in total. The van der Waals surface area contributed by atoms with Crippen molar-refractivity contribution in [2.45, 2.75) is 466 Å². The fourth-order valence-corrected chi connectivity index (χ4v) is 32.0. The molecular weight excluding hydrogens is 1800 g/mol. The standard InChI is InChI=1S/C36H60Br2.C36H64N2.C36H60.CH2I2.CH3N.2CH4/c2*1-25-27-19-36(12,24-34(9,10)22-32(5,6)16-14-18-38)30(27)26(2)28-20-35(11,29(25)28)23-33(7,8)21-31(3,4)15-13-17-37;1-15-17-31(5,6)21-33(9,10)23-35(13)19-27-26(4)30-28(25(3)29(27)35)20-36(30,14)24-34(11,12)22-32(7,8)18-16-2;2-1-3;1-2;;/h13-24H2,1-12H3;13-24,37-38H2,1-12H3;15-16,27,29H,1-2,17-24H2,3-14H3;1H2;2H,1H2;2*1H4. The molecular formula is C112H197Br2I2N3. The maximum Gasteiger partial charge on any atom is 0.0516 e. The van der Waals surface area contributed by atoms with Gasteiger partial charge in [0.15, 0.2) is 0 Å². The number of hydrogen-bond acceptors (Lipinski definition) is 3. The Labute approximate surface area is 787 Å². The van der Waals surface area contributed by atoms with Crippen molar-refractivity contribution in [3.8, 4) is 0 Å². The summed E-state index contributed by atoms with van der Waals surface area (Å²) < 4.78 is 1.19. The molecule has 7 heteroatoms. The second kappa shape index (κ2) is 41.2. The molecule has 5 N–H and O–H groups in total. The van der Waals surface area contributed by atoms with Crippen molar-refractivity contribution in [1.82, 2.24) is 0 Å². The van der Waals surface area contributed by atoms with Crippen LogP contribution < -0.4 is 11.5 Å². The summed E-state index contributed by atoms with van der Waals surface area (Å²) in [6, 6.07) is 0. The first-order valence-corrected chi connectivity index (χ1v) is 52.3. The minimum absolute atomic E-state index is 0. The number of benzene rings is 2. The van der Waals surface area contributed by atoms with Gasteiger partial charge in [0.2, 0.25) is 0 Å². The van der Waals surface area contributed by atoms with Crippen LogP contribution in [0.1, 0.15) is 457 Å². The minimum atomic E-state index is 0. The number of nitrogens with two attached hydrogens (primary N) is 2. The van der Waals surface area contributed by atoms with Crippen LogP contribution in [0.5, 0.6) is 0 Å². The molecule has 0 aromatic heterocycles. The number of halogens is 4. The van der Waals surface area contributed by atoms with Gasteiger partial charge in [-0.15, -0.1) is 13.2 Å². The molecule has 7 aliphatic carbocycles. The SMILES string of the molecule is C.C.C=CCC(C)(C)CC(C)(C)CC1(C)CC2=C(C)C3C(CC3(C)CC(C)(C)CC(C)(C)CC=C)C(C)=C21.C=N.Cc1c2c(c(C)c3c1C(C)(CC(C)(C)CC(C)(C)CCCBr)C3)C(C)(CC(C)(C)CC(C)(C)CCCBr)C2.Cc1c2c(c(C)c3c1C(C)(CC(C)(C)CC(C)(C)CCCN)C3)C(C)(CC(C)(C)CC(C)(C)CCCN)C2.ICI. The van der Waals surface area contributed by atoms with Crippen molar-refractivity contribution in [1.29, 1.82) is 5.41 Å². The predicted molar refractivity (Wildman–Crippen MR) is 563 cm³/mol. The number of alkyl halides is 4. The van der Waals surface area contributed by atoms with E-state index >= 15 is 0 Å². The third-order valence-corrected chi connectivity index (χ3v) is 32.0. The fraction of sp³-hybridized carbons (Fsp3) is 0.812. The molecule has 0 amide bonds. The van der Waals surface area contributed by atoms with Crippen molar-refractivity contribution in [2.75, 3.05) is 26.2 Å². The van der Waals surface area contributed by atoms with Crippen LogP contribution in [0.3, 0.4) is 0 Å². The predicted octanol–water partition coefficient (Wildman–Crippen LogP) is 35.9. The van der Waals surface area contributed by atoms with Gasteiger partial charge >= 0.3 is 0 Å². The second-order valence-electron chi connectivity index (χ2n) is 52.3. The first-order valence-electron chi connectivity index (χ1n) is 47.0. The van der Waals surface area contributed by atoms with Crippen LogP contribution in [-0.2, 0) is 47.3 Å². The Morgan fingerprint density at radius 2 is 0.605 bits per heavy atom. The van der Waals surface area contributed by atoms with Gasteiger partial charge in [0.1, 0.15) is 0 Å². The summed E-state index contributed by atoms with van der Waals surface area (Å²) in [5.41, 5.74) is 45.2. The van der Waals surface area contributed by atoms with E-state index in [9.17, 15) is 0 Å². The van der Waals surface area contributed by atoms with Gasteiger partial charge in [0, 0.05) is 10.7 Å². The molecule has 0 heterocycles. The summed E-state index contributed by atoms with van der Waals surface area (Å²) in [6.07, 6.45) is 39.5. The third kappa shape index (κ3) is 27.7. The molecule has 0 radical (unpaired) electrons. The van der Waals surface area contributed by atoms with E-state index in [0.717, 1.165) is 61.3 Å². The highest BCUT2D eigenvalue weighted by atomic mass is 127. The normalized spacial score (nSPS) is 24.6. The average Bonchev–Trinajstić information content (AvgIpc) is 0.692. The van der Waals surface area contributed by atoms with Gasteiger partial charge in [-0.05, 0) is 428 Å². The number of rotatable bonds is 40. The Balaban J connectivity index is 0.000000445. The monoisotopic (exact) mass is 2000 g/mol. The molecule has 8 atom stereocenters. The molecule has 0 aliphatic heterocycles. The highest BCUT2D eigenvalue weighted by Crippen LogP contribution is 2.72. The number of hydrogen-bond donors (Lipinski definition) is 3. The van der Waals surface area contributed by atoms with Gasteiger partial charge < -0.3 is 16.9 Å². The van der Waals surface area contributed by atoms with E-state index in [1.807, 2.05) is 0 Å². The van der Waals surface area contributed by atoms with Crippen LogP contribution in [0, 0.1) is 121 Å². The van der Waals surface area contributed by atoms with E-state index in [1.54, 1.807) is 89.1 Å². The van der Waals surface area contributed by atoms with E-state index < -0.39 is 0 Å². The number of nitrogens with one attached hydrogen (secondary N) is 1. The number of fused-ring (bicyclic) bond motifs is 6. The van der Waals surface area contributed by atoms with Gasteiger partial charge in [0.05, 0.1) is 2.43 Å². The van der Waals surface area contributed by atoms with Crippen LogP contribution in [0.25, 0.3) is 0 Å². The lowest BCUT2D eigenvalue weighted by Crippen LogP contribution is -2.54. The Morgan fingerprint density at radius 1 is 0.370 bits per heavy atom. The lowest BCUT2D eigenvalue weighted by molar-refractivity contribution is -0.0363. The molecule has 2 aromatic rings. The molecule has 0 spiro atoms. The zero-order valence-corrected chi connectivity index (χ0v) is 91.4. The molecule has 688 valence electrons. The van der Waals surface area contributed by atoms with Crippen LogP contribution >= 0.6 is 77.0 Å². The Kier molecular flexibility index (Phi) is 39.0. The van der Waals surface area contributed by atoms with E-state index in [2.05, 4.69) is 358 Å². The first-order chi connectivity index (χ1) is 53.0. The molecule has 0 saturated heterocycles. The second-order valence-corrected chi connectivity index (χ2v) is 58.3. The summed E-state index contributed by atoms with van der Waals surface area (Å²) >= 11 is 11.8. The van der Waals surface area contributed by atoms with Crippen LogP contribution in [0.2, 0.25) is 0 Å². The average molecular weight is 2000 g/mol. The third-order valence-electron chi connectivity index (χ3n) is 30.9. The summed E-state index contributed by atoms with van der Waals surface area (Å²) in [5.74, 6) is 1.52. The molecule has 7 aliphatic rings. The highest BCUT2D eigenvalue weighted by molar-refractivity contribution is 14.2. The van der Waals surface area contributed by atoms with Crippen molar-refractivity contribution in [3.05, 3.63) is 114 Å². The van der Waals surface area contributed by atoms with E-state index in [0.29, 0.717) is 97.5 Å². The van der Waals surface area contributed by atoms with Gasteiger partial charge in [-0.3, -0.25) is 0 Å². The van der Waals surface area contributed by atoms with E-state index in [1.165, 1.54) is 157 Å². The smallest absolute Gasteiger partial charge is 0.0516 e. The van der Waals surface area contributed by atoms with Crippen molar-refractivity contribution in [2.24, 2.45) is 99.1 Å².